The van der Waals surface area contributed by atoms with Gasteiger partial charge in [-0.1, -0.05) is 20.8 Å². The highest BCUT2D eigenvalue weighted by Crippen LogP contribution is 2.23. The Labute approximate surface area is 125 Å². The highest BCUT2D eigenvalue weighted by Gasteiger charge is 2.23. The van der Waals surface area contributed by atoms with Gasteiger partial charge < -0.3 is 14.8 Å². The van der Waals surface area contributed by atoms with E-state index in [0.717, 1.165) is 10.9 Å². The van der Waals surface area contributed by atoms with Gasteiger partial charge in [-0.3, -0.25) is 4.79 Å². The Hall–Kier alpha value is -1.81. The fourth-order valence-electron chi connectivity index (χ4n) is 2.00. The molecule has 1 unspecified atom stereocenters. The van der Waals surface area contributed by atoms with E-state index < -0.39 is 6.10 Å². The van der Waals surface area contributed by atoms with Crippen molar-refractivity contribution < 1.29 is 14.3 Å². The van der Waals surface area contributed by atoms with Crippen LogP contribution in [0.25, 0.3) is 11.0 Å². The quantitative estimate of drug-likeness (QED) is 0.912. The number of nitrogens with one attached hydrogen (secondary N) is 1. The molecule has 0 aliphatic heterocycles. The molecular weight excluding hydrogens is 266 g/mol. The third kappa shape index (κ3) is 3.45. The number of aryl methyl sites for hydroxylation is 2. The Bertz CT molecular complexity index is 625. The number of hydrogen-bond acceptors (Lipinski definition) is 3. The lowest BCUT2D eigenvalue weighted by Crippen LogP contribution is -2.39. The summed E-state index contributed by atoms with van der Waals surface area (Å²) in [7, 11) is 0. The second-order valence-electron chi connectivity index (χ2n) is 6.68. The molecule has 0 bridgehead atoms. The van der Waals surface area contributed by atoms with Crippen molar-refractivity contribution in [1.29, 1.82) is 0 Å². The molecule has 1 aromatic carbocycles. The number of benzene rings is 1. The van der Waals surface area contributed by atoms with E-state index in [-0.39, 0.29) is 23.6 Å². The van der Waals surface area contributed by atoms with E-state index in [0.29, 0.717) is 5.58 Å². The van der Waals surface area contributed by atoms with Crippen molar-refractivity contribution in [3.63, 3.8) is 0 Å². The Kier molecular flexibility index (Phi) is 4.10. The lowest BCUT2D eigenvalue weighted by molar-refractivity contribution is 0.0579. The maximum Gasteiger partial charge on any atom is 0.287 e. The van der Waals surface area contributed by atoms with Crippen LogP contribution in [0.5, 0.6) is 0 Å². The minimum absolute atomic E-state index is 0.206. The van der Waals surface area contributed by atoms with Crippen LogP contribution in [0.4, 0.5) is 0 Å². The second-order valence-corrected chi connectivity index (χ2v) is 6.68. The molecular formula is C17H23NO3. The van der Waals surface area contributed by atoms with Crippen LogP contribution in [0.15, 0.2) is 22.6 Å². The van der Waals surface area contributed by atoms with Gasteiger partial charge in [-0.2, -0.15) is 0 Å². The third-order valence-electron chi connectivity index (χ3n) is 3.81. The molecule has 0 aliphatic rings. The molecule has 1 amide bonds. The SMILES string of the molecule is Cc1cc2cc(C(=O)NCC(O)C(C)(C)C)oc2cc1C. The summed E-state index contributed by atoms with van der Waals surface area (Å²) in [4.78, 5) is 12.1. The molecule has 21 heavy (non-hydrogen) atoms. The number of amides is 1. The lowest BCUT2D eigenvalue weighted by Gasteiger charge is -2.25. The summed E-state index contributed by atoms with van der Waals surface area (Å²) in [5, 5.41) is 13.6. The van der Waals surface area contributed by atoms with E-state index in [2.05, 4.69) is 5.32 Å². The number of fused-ring (bicyclic) bond motifs is 1. The Balaban J connectivity index is 2.13. The first-order valence-electron chi connectivity index (χ1n) is 7.15. The normalized spacial score (nSPS) is 13.4. The zero-order valence-electron chi connectivity index (χ0n) is 13.3. The smallest absolute Gasteiger partial charge is 0.287 e. The van der Waals surface area contributed by atoms with E-state index in [4.69, 9.17) is 4.42 Å². The van der Waals surface area contributed by atoms with Gasteiger partial charge in [-0.15, -0.1) is 0 Å². The van der Waals surface area contributed by atoms with Crippen molar-refractivity contribution in [2.45, 2.75) is 40.7 Å². The zero-order chi connectivity index (χ0) is 15.8. The average molecular weight is 289 g/mol. The fraction of sp³-hybridized carbons (Fsp3) is 0.471. The lowest BCUT2D eigenvalue weighted by atomic mass is 9.89. The molecule has 2 N–H and O–H groups in total. The van der Waals surface area contributed by atoms with Crippen LogP contribution < -0.4 is 5.32 Å². The summed E-state index contributed by atoms with van der Waals surface area (Å²) in [6.07, 6.45) is -0.602. The standard InChI is InChI=1S/C17H23NO3/c1-10-6-12-8-14(21-13(12)7-11(10)2)16(20)18-9-15(19)17(3,4)5/h6-8,15,19H,9H2,1-5H3,(H,18,20). The van der Waals surface area contributed by atoms with E-state index in [1.165, 1.54) is 5.56 Å². The topological polar surface area (TPSA) is 62.5 Å². The first-order chi connectivity index (χ1) is 9.68. The van der Waals surface area contributed by atoms with Crippen molar-refractivity contribution in [2.75, 3.05) is 6.54 Å². The van der Waals surface area contributed by atoms with Gasteiger partial charge in [0.05, 0.1) is 6.10 Å². The molecule has 0 spiro atoms. The number of furan rings is 1. The van der Waals surface area contributed by atoms with Crippen LogP contribution in [-0.2, 0) is 0 Å². The maximum absolute atomic E-state index is 12.1. The van der Waals surface area contributed by atoms with Crippen LogP contribution in [0.1, 0.15) is 42.5 Å². The summed E-state index contributed by atoms with van der Waals surface area (Å²) < 4.78 is 5.59. The van der Waals surface area contributed by atoms with Gasteiger partial charge in [0, 0.05) is 11.9 Å². The fourth-order valence-corrected chi connectivity index (χ4v) is 2.00. The van der Waals surface area contributed by atoms with E-state index in [1.807, 2.05) is 46.8 Å². The number of carbonyl (C=O) groups is 1. The van der Waals surface area contributed by atoms with Gasteiger partial charge in [-0.05, 0) is 48.6 Å². The number of aliphatic hydroxyl groups excluding tert-OH is 1. The van der Waals surface area contributed by atoms with Gasteiger partial charge in [0.15, 0.2) is 5.76 Å². The van der Waals surface area contributed by atoms with Crippen LogP contribution in [0, 0.1) is 19.3 Å². The van der Waals surface area contributed by atoms with Crippen molar-refractivity contribution in [3.05, 3.63) is 35.1 Å². The molecule has 4 heteroatoms. The first-order valence-corrected chi connectivity index (χ1v) is 7.15. The number of aliphatic hydroxyl groups is 1. The third-order valence-corrected chi connectivity index (χ3v) is 3.81. The van der Waals surface area contributed by atoms with E-state index in [1.54, 1.807) is 6.07 Å². The summed E-state index contributed by atoms with van der Waals surface area (Å²) in [5.74, 6) is -0.0269. The van der Waals surface area contributed by atoms with Crippen LogP contribution >= 0.6 is 0 Å². The molecule has 0 saturated carbocycles. The Morgan fingerprint density at radius 2 is 1.86 bits per heavy atom. The largest absolute Gasteiger partial charge is 0.451 e. The van der Waals surface area contributed by atoms with Gasteiger partial charge in [0.2, 0.25) is 0 Å². The van der Waals surface area contributed by atoms with Crippen molar-refractivity contribution in [2.24, 2.45) is 5.41 Å². The highest BCUT2D eigenvalue weighted by atomic mass is 16.3. The molecule has 114 valence electrons. The van der Waals surface area contributed by atoms with Crippen molar-refractivity contribution in [1.82, 2.24) is 5.32 Å². The molecule has 1 aromatic heterocycles. The molecule has 0 saturated heterocycles. The van der Waals surface area contributed by atoms with Crippen LogP contribution in [0.2, 0.25) is 0 Å². The first kappa shape index (κ1) is 15.6. The molecule has 1 heterocycles. The van der Waals surface area contributed by atoms with Gasteiger partial charge >= 0.3 is 0 Å². The zero-order valence-corrected chi connectivity index (χ0v) is 13.3. The predicted octanol–water partition coefficient (Wildman–Crippen LogP) is 3.19. The van der Waals surface area contributed by atoms with Crippen LogP contribution in [0.3, 0.4) is 0 Å². The molecule has 0 aliphatic carbocycles. The Morgan fingerprint density at radius 3 is 2.48 bits per heavy atom. The number of rotatable bonds is 3. The molecule has 2 aromatic rings. The number of hydrogen-bond donors (Lipinski definition) is 2. The second kappa shape index (κ2) is 5.53. The summed E-state index contributed by atoms with van der Waals surface area (Å²) in [5.41, 5.74) is 2.74. The van der Waals surface area contributed by atoms with Crippen molar-refractivity contribution >= 4 is 16.9 Å². The minimum Gasteiger partial charge on any atom is -0.451 e. The molecule has 1 atom stereocenters. The number of carbonyl (C=O) groups excluding carboxylic acids is 1. The highest BCUT2D eigenvalue weighted by molar-refractivity contribution is 5.96. The molecule has 4 nitrogen and oxygen atoms in total. The molecule has 0 radical (unpaired) electrons. The summed E-state index contributed by atoms with van der Waals surface area (Å²) >= 11 is 0. The average Bonchev–Trinajstić information content (AvgIpc) is 2.77. The van der Waals surface area contributed by atoms with E-state index >= 15 is 0 Å². The van der Waals surface area contributed by atoms with Gasteiger partial charge in [0.25, 0.3) is 5.91 Å². The molecule has 2 rings (SSSR count). The van der Waals surface area contributed by atoms with Crippen LogP contribution in [-0.4, -0.2) is 23.7 Å². The molecule has 0 fully saturated rings. The summed E-state index contributed by atoms with van der Waals surface area (Å²) in [6.45, 7) is 10.0. The Morgan fingerprint density at radius 1 is 1.24 bits per heavy atom. The van der Waals surface area contributed by atoms with E-state index in [9.17, 15) is 9.90 Å². The minimum atomic E-state index is -0.602. The monoisotopic (exact) mass is 289 g/mol. The summed E-state index contributed by atoms with van der Waals surface area (Å²) in [6, 6.07) is 5.68. The predicted molar refractivity (Wildman–Crippen MR) is 83.5 cm³/mol. The maximum atomic E-state index is 12.1. The van der Waals surface area contributed by atoms with Gasteiger partial charge in [0.1, 0.15) is 5.58 Å². The van der Waals surface area contributed by atoms with Gasteiger partial charge in [-0.25, -0.2) is 0 Å². The van der Waals surface area contributed by atoms with Crippen molar-refractivity contribution in [3.8, 4) is 0 Å².